The lowest BCUT2D eigenvalue weighted by molar-refractivity contribution is 0.380. The van der Waals surface area contributed by atoms with E-state index in [1.165, 1.54) is 0 Å². The van der Waals surface area contributed by atoms with Crippen molar-refractivity contribution in [1.29, 1.82) is 0 Å². The van der Waals surface area contributed by atoms with Gasteiger partial charge < -0.3 is 5.11 Å². The Morgan fingerprint density at radius 1 is 0.944 bits per heavy atom. The zero-order valence-electron chi connectivity index (χ0n) is 11.5. The number of phenols is 1. The summed E-state index contributed by atoms with van der Waals surface area (Å²) < 4.78 is 0. The first-order chi connectivity index (χ1) is 8.50. The summed E-state index contributed by atoms with van der Waals surface area (Å²) in [5.41, 5.74) is 1.79. The molecular formula is C16H21NO. The van der Waals surface area contributed by atoms with Gasteiger partial charge in [0.25, 0.3) is 0 Å². The van der Waals surface area contributed by atoms with Crippen molar-refractivity contribution in [2.24, 2.45) is 11.8 Å². The fourth-order valence-electron chi connectivity index (χ4n) is 2.79. The second-order valence-electron chi connectivity index (χ2n) is 5.60. The van der Waals surface area contributed by atoms with Crippen LogP contribution in [0, 0.1) is 11.8 Å². The van der Waals surface area contributed by atoms with Crippen LogP contribution in [0.1, 0.15) is 39.3 Å². The maximum Gasteiger partial charge on any atom is 0.141 e. The predicted octanol–water partition coefficient (Wildman–Crippen LogP) is 4.34. The van der Waals surface area contributed by atoms with Gasteiger partial charge in [0, 0.05) is 17.0 Å². The minimum Gasteiger partial charge on any atom is -0.506 e. The number of nitrogens with zero attached hydrogens (tertiary/aromatic N) is 1. The van der Waals surface area contributed by atoms with Crippen LogP contribution in [0.5, 0.6) is 5.75 Å². The van der Waals surface area contributed by atoms with Crippen LogP contribution in [0.25, 0.3) is 10.9 Å². The Morgan fingerprint density at radius 2 is 1.61 bits per heavy atom. The molecule has 2 aromatic rings. The van der Waals surface area contributed by atoms with Gasteiger partial charge in [0.05, 0.1) is 0 Å². The highest BCUT2D eigenvalue weighted by atomic mass is 16.3. The Labute approximate surface area is 109 Å². The molecule has 1 N–H and O–H groups in total. The van der Waals surface area contributed by atoms with Crippen molar-refractivity contribution >= 4 is 10.9 Å². The van der Waals surface area contributed by atoms with Gasteiger partial charge in [-0.3, -0.25) is 0 Å². The van der Waals surface area contributed by atoms with E-state index < -0.39 is 0 Å². The van der Waals surface area contributed by atoms with Gasteiger partial charge in [-0.15, -0.1) is 0 Å². The lowest BCUT2D eigenvalue weighted by Gasteiger charge is -2.24. The van der Waals surface area contributed by atoms with Crippen LogP contribution in [-0.4, -0.2) is 10.1 Å². The molecule has 0 aliphatic carbocycles. The van der Waals surface area contributed by atoms with Crippen LogP contribution in [0.3, 0.4) is 0 Å². The number of benzene rings is 1. The zero-order valence-corrected chi connectivity index (χ0v) is 11.5. The second-order valence-corrected chi connectivity index (χ2v) is 5.60. The van der Waals surface area contributed by atoms with E-state index in [2.05, 4.69) is 44.8 Å². The number of pyridine rings is 1. The van der Waals surface area contributed by atoms with Gasteiger partial charge >= 0.3 is 0 Å². The molecular weight excluding hydrogens is 222 g/mol. The van der Waals surface area contributed by atoms with Crippen LogP contribution in [0.4, 0.5) is 0 Å². The summed E-state index contributed by atoms with van der Waals surface area (Å²) in [4.78, 5) is 4.67. The molecule has 0 saturated heterocycles. The smallest absolute Gasteiger partial charge is 0.141 e. The van der Waals surface area contributed by atoms with Gasteiger partial charge in [0.15, 0.2) is 0 Å². The third-order valence-electron chi connectivity index (χ3n) is 3.50. The minimum atomic E-state index is 0.264. The molecule has 0 amide bonds. The quantitative estimate of drug-likeness (QED) is 0.870. The average Bonchev–Trinajstić information content (AvgIpc) is 2.29. The van der Waals surface area contributed by atoms with E-state index in [-0.39, 0.29) is 5.75 Å². The fourth-order valence-corrected chi connectivity index (χ4v) is 2.79. The second kappa shape index (κ2) is 4.97. The average molecular weight is 243 g/mol. The van der Waals surface area contributed by atoms with Crippen LogP contribution in [0.2, 0.25) is 0 Å². The number of aromatic hydroxyl groups is 1. The van der Waals surface area contributed by atoms with Gasteiger partial charge in [-0.25, -0.2) is 4.98 Å². The van der Waals surface area contributed by atoms with Crippen LogP contribution < -0.4 is 0 Å². The van der Waals surface area contributed by atoms with Crippen LogP contribution >= 0.6 is 0 Å². The third kappa shape index (κ3) is 2.33. The van der Waals surface area contributed by atoms with Crippen molar-refractivity contribution in [2.75, 3.05) is 0 Å². The summed E-state index contributed by atoms with van der Waals surface area (Å²) in [5, 5.41) is 10.9. The first-order valence-electron chi connectivity index (χ1n) is 6.59. The van der Waals surface area contributed by atoms with Crippen molar-refractivity contribution in [2.45, 2.75) is 33.6 Å². The zero-order chi connectivity index (χ0) is 13.3. The molecule has 0 atom stereocenters. The normalized spacial score (nSPS) is 11.9. The molecule has 2 rings (SSSR count). The number of hydrogen-bond donors (Lipinski definition) is 1. The summed E-state index contributed by atoms with van der Waals surface area (Å²) in [5.74, 6) is 1.77. The lowest BCUT2D eigenvalue weighted by atomic mass is 9.82. The maximum absolute atomic E-state index is 9.89. The summed E-state index contributed by atoms with van der Waals surface area (Å²) >= 11 is 0. The van der Waals surface area contributed by atoms with E-state index in [0.717, 1.165) is 11.1 Å². The Hall–Kier alpha value is -1.57. The van der Waals surface area contributed by atoms with Gasteiger partial charge in [0.2, 0.25) is 0 Å². The number of rotatable bonds is 3. The highest BCUT2D eigenvalue weighted by molar-refractivity contribution is 5.84. The standard InChI is InChI=1S/C16H21NO/c1-10(2)15(11(3)4)13-9-8-12-6-5-7-14(18)16(12)17-13/h5-11,15,18H,1-4H3. The molecule has 96 valence electrons. The van der Waals surface area contributed by atoms with Crippen molar-refractivity contribution in [3.05, 3.63) is 36.0 Å². The summed E-state index contributed by atoms with van der Waals surface area (Å²) in [7, 11) is 0. The van der Waals surface area contributed by atoms with E-state index in [0.29, 0.717) is 23.3 Å². The van der Waals surface area contributed by atoms with Crippen LogP contribution in [0.15, 0.2) is 30.3 Å². The molecule has 0 aliphatic heterocycles. The van der Waals surface area contributed by atoms with Crippen LogP contribution in [-0.2, 0) is 0 Å². The molecule has 1 aromatic heterocycles. The third-order valence-corrected chi connectivity index (χ3v) is 3.50. The molecule has 0 spiro atoms. The SMILES string of the molecule is CC(C)C(c1ccc2cccc(O)c2n1)C(C)C. The molecule has 1 heterocycles. The first kappa shape index (κ1) is 12.9. The predicted molar refractivity (Wildman–Crippen MR) is 75.8 cm³/mol. The Kier molecular flexibility index (Phi) is 3.55. The van der Waals surface area contributed by atoms with E-state index in [1.807, 2.05) is 12.1 Å². The number of aromatic nitrogens is 1. The van der Waals surface area contributed by atoms with Gasteiger partial charge in [-0.1, -0.05) is 45.9 Å². The van der Waals surface area contributed by atoms with E-state index in [9.17, 15) is 5.11 Å². The van der Waals surface area contributed by atoms with Crippen molar-refractivity contribution in [3.63, 3.8) is 0 Å². The molecule has 0 fully saturated rings. The molecule has 18 heavy (non-hydrogen) atoms. The Morgan fingerprint density at radius 3 is 2.22 bits per heavy atom. The van der Waals surface area contributed by atoms with Crippen molar-refractivity contribution in [1.82, 2.24) is 4.98 Å². The van der Waals surface area contributed by atoms with E-state index >= 15 is 0 Å². The van der Waals surface area contributed by atoms with Gasteiger partial charge in [0.1, 0.15) is 11.3 Å². The molecule has 0 bridgehead atoms. The maximum atomic E-state index is 9.89. The molecule has 1 aromatic carbocycles. The highest BCUT2D eigenvalue weighted by Gasteiger charge is 2.21. The first-order valence-corrected chi connectivity index (χ1v) is 6.59. The Balaban J connectivity index is 2.55. The van der Waals surface area contributed by atoms with Gasteiger partial charge in [-0.2, -0.15) is 0 Å². The van der Waals surface area contributed by atoms with Crippen molar-refractivity contribution < 1.29 is 5.11 Å². The molecule has 0 unspecified atom stereocenters. The highest BCUT2D eigenvalue weighted by Crippen LogP contribution is 2.32. The van der Waals surface area contributed by atoms with E-state index in [1.54, 1.807) is 6.07 Å². The summed E-state index contributed by atoms with van der Waals surface area (Å²) in [6.45, 7) is 8.89. The van der Waals surface area contributed by atoms with E-state index in [4.69, 9.17) is 0 Å². The topological polar surface area (TPSA) is 33.1 Å². The number of fused-ring (bicyclic) bond motifs is 1. The van der Waals surface area contributed by atoms with Gasteiger partial charge in [-0.05, 0) is 24.0 Å². The molecule has 0 aliphatic rings. The molecule has 0 saturated carbocycles. The Bertz CT molecular complexity index is 538. The molecule has 2 heteroatoms. The monoisotopic (exact) mass is 243 g/mol. The summed E-state index contributed by atoms with van der Waals surface area (Å²) in [6, 6.07) is 9.66. The minimum absolute atomic E-state index is 0.264. The largest absolute Gasteiger partial charge is 0.506 e. The number of hydrogen-bond acceptors (Lipinski definition) is 2. The van der Waals surface area contributed by atoms with Crippen molar-refractivity contribution in [3.8, 4) is 5.75 Å². The molecule has 0 radical (unpaired) electrons. The number of phenolic OH excluding ortho intramolecular Hbond substituents is 1. The fraction of sp³-hybridized carbons (Fsp3) is 0.438. The number of para-hydroxylation sites is 1. The lowest BCUT2D eigenvalue weighted by Crippen LogP contribution is -2.14. The summed E-state index contributed by atoms with van der Waals surface area (Å²) in [6.07, 6.45) is 0. The molecule has 2 nitrogen and oxygen atoms in total.